The minimum absolute atomic E-state index is 0.0281. The maximum Gasteiger partial charge on any atom is 0.253 e. The van der Waals surface area contributed by atoms with E-state index in [0.717, 1.165) is 22.9 Å². The summed E-state index contributed by atoms with van der Waals surface area (Å²) in [6.45, 7) is 2.34. The van der Waals surface area contributed by atoms with Gasteiger partial charge in [-0.1, -0.05) is 15.9 Å². The van der Waals surface area contributed by atoms with Crippen molar-refractivity contribution in [1.29, 1.82) is 0 Å². The number of aliphatic hydroxyl groups is 1. The SMILES string of the molecule is Cc1cc(Br)ccc1C(=O)N(C)CC(O)C1CC1. The Morgan fingerprint density at radius 1 is 1.56 bits per heavy atom. The molecule has 1 aliphatic rings. The first-order valence-corrected chi connectivity index (χ1v) is 6.98. The number of likely N-dealkylation sites (N-methyl/N-ethyl adjacent to an activating group) is 1. The number of hydrogen-bond acceptors (Lipinski definition) is 2. The summed E-state index contributed by atoms with van der Waals surface area (Å²) in [5, 5.41) is 9.87. The van der Waals surface area contributed by atoms with Crippen LogP contribution in [0.1, 0.15) is 28.8 Å². The molecule has 0 saturated heterocycles. The van der Waals surface area contributed by atoms with Crippen LogP contribution in [0.25, 0.3) is 0 Å². The highest BCUT2D eigenvalue weighted by atomic mass is 79.9. The highest BCUT2D eigenvalue weighted by Crippen LogP contribution is 2.32. The molecular weight excluding hydrogens is 294 g/mol. The van der Waals surface area contributed by atoms with Gasteiger partial charge in [0.05, 0.1) is 6.10 Å². The minimum Gasteiger partial charge on any atom is -0.391 e. The fourth-order valence-corrected chi connectivity index (χ4v) is 2.54. The van der Waals surface area contributed by atoms with Gasteiger partial charge >= 0.3 is 0 Å². The van der Waals surface area contributed by atoms with E-state index >= 15 is 0 Å². The fourth-order valence-electron chi connectivity index (χ4n) is 2.07. The van der Waals surface area contributed by atoms with Crippen molar-refractivity contribution in [3.63, 3.8) is 0 Å². The number of hydrogen-bond donors (Lipinski definition) is 1. The summed E-state index contributed by atoms with van der Waals surface area (Å²) in [6.07, 6.45) is 1.79. The molecule has 3 nitrogen and oxygen atoms in total. The van der Waals surface area contributed by atoms with Gasteiger partial charge < -0.3 is 10.0 Å². The molecule has 98 valence electrons. The van der Waals surface area contributed by atoms with Gasteiger partial charge in [-0.05, 0) is 49.4 Å². The molecule has 1 N–H and O–H groups in total. The van der Waals surface area contributed by atoms with Crippen LogP contribution in [-0.2, 0) is 0 Å². The number of benzene rings is 1. The van der Waals surface area contributed by atoms with Crippen molar-refractivity contribution in [2.45, 2.75) is 25.9 Å². The van der Waals surface area contributed by atoms with Gasteiger partial charge in [0.25, 0.3) is 5.91 Å². The molecule has 0 aromatic heterocycles. The molecule has 0 aliphatic heterocycles. The third-order valence-corrected chi connectivity index (χ3v) is 3.89. The van der Waals surface area contributed by atoms with Gasteiger partial charge in [0.2, 0.25) is 0 Å². The van der Waals surface area contributed by atoms with Crippen LogP contribution in [0.5, 0.6) is 0 Å². The van der Waals surface area contributed by atoms with Crippen LogP contribution in [0.3, 0.4) is 0 Å². The maximum absolute atomic E-state index is 12.3. The predicted octanol–water partition coefficient (Wildman–Crippen LogP) is 2.60. The number of carbonyl (C=O) groups excluding carboxylic acids is 1. The average Bonchev–Trinajstić information content (AvgIpc) is 3.11. The molecule has 1 amide bonds. The Hall–Kier alpha value is -0.870. The topological polar surface area (TPSA) is 40.5 Å². The van der Waals surface area contributed by atoms with Gasteiger partial charge in [0.15, 0.2) is 0 Å². The van der Waals surface area contributed by atoms with Gasteiger partial charge in [0.1, 0.15) is 0 Å². The molecule has 1 aromatic rings. The van der Waals surface area contributed by atoms with Crippen LogP contribution < -0.4 is 0 Å². The quantitative estimate of drug-likeness (QED) is 0.928. The number of aliphatic hydroxyl groups excluding tert-OH is 1. The molecule has 1 fully saturated rings. The first kappa shape index (κ1) is 13.6. The number of rotatable bonds is 4. The largest absolute Gasteiger partial charge is 0.391 e. The van der Waals surface area contributed by atoms with Crippen LogP contribution in [0, 0.1) is 12.8 Å². The van der Waals surface area contributed by atoms with Crippen LogP contribution in [0.4, 0.5) is 0 Å². The highest BCUT2D eigenvalue weighted by Gasteiger charge is 2.31. The summed E-state index contributed by atoms with van der Waals surface area (Å²) in [6, 6.07) is 5.62. The van der Waals surface area contributed by atoms with Crippen molar-refractivity contribution in [2.24, 2.45) is 5.92 Å². The molecule has 1 aliphatic carbocycles. The van der Waals surface area contributed by atoms with Gasteiger partial charge in [-0.25, -0.2) is 0 Å². The Morgan fingerprint density at radius 3 is 2.78 bits per heavy atom. The van der Waals surface area contributed by atoms with Gasteiger partial charge in [-0.3, -0.25) is 4.79 Å². The number of amides is 1. The van der Waals surface area contributed by atoms with E-state index in [2.05, 4.69) is 15.9 Å². The van der Waals surface area contributed by atoms with E-state index in [0.29, 0.717) is 18.0 Å². The number of halogens is 1. The van der Waals surface area contributed by atoms with Crippen molar-refractivity contribution in [1.82, 2.24) is 4.90 Å². The van der Waals surface area contributed by atoms with Gasteiger partial charge in [-0.15, -0.1) is 0 Å². The summed E-state index contributed by atoms with van der Waals surface area (Å²) in [5.41, 5.74) is 1.64. The lowest BCUT2D eigenvalue weighted by molar-refractivity contribution is 0.0644. The Balaban J connectivity index is 2.04. The molecule has 1 unspecified atom stereocenters. The number of aryl methyl sites for hydroxylation is 1. The van der Waals surface area contributed by atoms with Gasteiger partial charge in [0, 0.05) is 23.6 Å². The van der Waals surface area contributed by atoms with Crippen LogP contribution in [0.2, 0.25) is 0 Å². The standard InChI is InChI=1S/C14H18BrNO2/c1-9-7-11(15)5-6-12(9)14(18)16(2)8-13(17)10-3-4-10/h5-7,10,13,17H,3-4,8H2,1-2H3. The second kappa shape index (κ2) is 5.41. The summed E-state index contributed by atoms with van der Waals surface area (Å²) in [4.78, 5) is 13.9. The van der Waals surface area contributed by atoms with E-state index in [1.165, 1.54) is 0 Å². The Kier molecular flexibility index (Phi) is 4.07. The van der Waals surface area contributed by atoms with E-state index in [-0.39, 0.29) is 12.0 Å². The maximum atomic E-state index is 12.3. The fraction of sp³-hybridized carbons (Fsp3) is 0.500. The molecule has 0 bridgehead atoms. The van der Waals surface area contributed by atoms with Crippen LogP contribution in [0.15, 0.2) is 22.7 Å². The zero-order chi connectivity index (χ0) is 13.3. The van der Waals surface area contributed by atoms with E-state index in [1.54, 1.807) is 11.9 Å². The third-order valence-electron chi connectivity index (χ3n) is 3.39. The molecule has 0 radical (unpaired) electrons. The molecular formula is C14H18BrNO2. The minimum atomic E-state index is -0.380. The van der Waals surface area contributed by atoms with Crippen molar-refractivity contribution < 1.29 is 9.90 Å². The Morgan fingerprint density at radius 2 is 2.22 bits per heavy atom. The molecule has 1 atom stereocenters. The van der Waals surface area contributed by atoms with Crippen molar-refractivity contribution >= 4 is 21.8 Å². The van der Waals surface area contributed by atoms with Crippen molar-refractivity contribution in [3.8, 4) is 0 Å². The molecule has 4 heteroatoms. The molecule has 1 saturated carbocycles. The van der Waals surface area contributed by atoms with Crippen molar-refractivity contribution in [2.75, 3.05) is 13.6 Å². The molecule has 0 heterocycles. The molecule has 0 spiro atoms. The van der Waals surface area contributed by atoms with E-state index in [9.17, 15) is 9.90 Å². The zero-order valence-electron chi connectivity index (χ0n) is 10.7. The second-order valence-corrected chi connectivity index (χ2v) is 5.97. The first-order valence-electron chi connectivity index (χ1n) is 6.18. The summed E-state index contributed by atoms with van der Waals surface area (Å²) >= 11 is 3.39. The third kappa shape index (κ3) is 3.12. The van der Waals surface area contributed by atoms with Crippen LogP contribution >= 0.6 is 15.9 Å². The summed E-state index contributed by atoms with van der Waals surface area (Å²) < 4.78 is 0.970. The van der Waals surface area contributed by atoms with E-state index in [1.807, 2.05) is 25.1 Å². The smallest absolute Gasteiger partial charge is 0.253 e. The normalized spacial score (nSPS) is 16.4. The average molecular weight is 312 g/mol. The summed E-state index contributed by atoms with van der Waals surface area (Å²) in [7, 11) is 1.75. The molecule has 1 aromatic carbocycles. The lowest BCUT2D eigenvalue weighted by Crippen LogP contribution is -2.35. The van der Waals surface area contributed by atoms with Gasteiger partial charge in [-0.2, -0.15) is 0 Å². The zero-order valence-corrected chi connectivity index (χ0v) is 12.3. The predicted molar refractivity (Wildman–Crippen MR) is 74.6 cm³/mol. The van der Waals surface area contributed by atoms with Crippen LogP contribution in [-0.4, -0.2) is 35.6 Å². The number of nitrogens with zero attached hydrogens (tertiary/aromatic N) is 1. The molecule has 18 heavy (non-hydrogen) atoms. The Bertz CT molecular complexity index is 457. The Labute approximate surface area is 116 Å². The highest BCUT2D eigenvalue weighted by molar-refractivity contribution is 9.10. The lowest BCUT2D eigenvalue weighted by Gasteiger charge is -2.21. The first-order chi connectivity index (χ1) is 8.49. The van der Waals surface area contributed by atoms with E-state index in [4.69, 9.17) is 0 Å². The van der Waals surface area contributed by atoms with E-state index < -0.39 is 0 Å². The summed E-state index contributed by atoms with van der Waals surface area (Å²) in [5.74, 6) is 0.367. The second-order valence-electron chi connectivity index (χ2n) is 5.05. The monoisotopic (exact) mass is 311 g/mol. The molecule has 2 rings (SSSR count). The lowest BCUT2D eigenvalue weighted by atomic mass is 10.1. The van der Waals surface area contributed by atoms with Crippen molar-refractivity contribution in [3.05, 3.63) is 33.8 Å². The number of carbonyl (C=O) groups is 1.